The van der Waals surface area contributed by atoms with Crippen LogP contribution in [-0.4, -0.2) is 0 Å². The fraction of sp³-hybridized carbons (Fsp3) is 1.00. The van der Waals surface area contributed by atoms with Crippen LogP contribution in [0.15, 0.2) is 0 Å². The summed E-state index contributed by atoms with van der Waals surface area (Å²) in [4.78, 5) is 0. The summed E-state index contributed by atoms with van der Waals surface area (Å²) >= 11 is 0. The lowest BCUT2D eigenvalue weighted by Crippen LogP contribution is -1.84. The molecule has 0 aliphatic heterocycles. The zero-order valence-corrected chi connectivity index (χ0v) is 8.16. The molecule has 13 heavy (non-hydrogen) atoms. The van der Waals surface area contributed by atoms with Gasteiger partial charge in [-0.15, -0.1) is 0 Å². The average Bonchev–Trinajstić information content (AvgIpc) is 2.99. The Morgan fingerprint density at radius 2 is 0.615 bits per heavy atom. The predicted molar refractivity (Wildman–Crippen MR) is 49.1 cm³/mol. The molecule has 68 valence electrons. The highest BCUT2D eigenvalue weighted by molar-refractivity contribution is 5.63. The second-order valence-electron chi connectivity index (χ2n) is 7.08. The van der Waals surface area contributed by atoms with Gasteiger partial charge in [0.1, 0.15) is 0 Å². The van der Waals surface area contributed by atoms with Crippen LogP contribution in [0.2, 0.25) is 0 Å². The minimum absolute atomic E-state index is 1.01. The van der Waals surface area contributed by atoms with Gasteiger partial charge in [0.25, 0.3) is 0 Å². The summed E-state index contributed by atoms with van der Waals surface area (Å²) in [7, 11) is 0. The lowest BCUT2D eigenvalue weighted by molar-refractivity contribution is 0.585. The highest BCUT2D eigenvalue weighted by Gasteiger charge is 3.16. The third-order valence-electron chi connectivity index (χ3n) is 7.58. The first-order chi connectivity index (χ1) is 6.33. The Bertz CT molecular complexity index is 295. The van der Waals surface area contributed by atoms with E-state index in [1.165, 1.54) is 0 Å². The molecular weight excluding hydrogens is 156 g/mol. The van der Waals surface area contributed by atoms with Crippen molar-refractivity contribution in [2.75, 3.05) is 0 Å². The van der Waals surface area contributed by atoms with Gasteiger partial charge in [-0.2, -0.15) is 0 Å². The van der Waals surface area contributed by atoms with E-state index in [-0.39, 0.29) is 0 Å². The predicted octanol–water partition coefficient (Wildman–Crippen LogP) is 3.12. The van der Waals surface area contributed by atoms with Crippen molar-refractivity contribution in [2.24, 2.45) is 27.1 Å². The number of hydrogen-bond donors (Lipinski definition) is 0. The third-order valence-corrected chi connectivity index (χ3v) is 7.58. The molecule has 0 aromatic heterocycles. The van der Waals surface area contributed by atoms with E-state index in [1.807, 2.05) is 0 Å². The molecule has 6 aliphatic carbocycles. The van der Waals surface area contributed by atoms with E-state index in [0.717, 1.165) is 27.1 Å². The second kappa shape index (κ2) is 1.01. The summed E-state index contributed by atoms with van der Waals surface area (Å²) in [5, 5.41) is 0. The van der Waals surface area contributed by atoms with Crippen molar-refractivity contribution < 1.29 is 0 Å². The van der Waals surface area contributed by atoms with Crippen LogP contribution in [0, 0.1) is 27.1 Å². The van der Waals surface area contributed by atoms with Crippen molar-refractivity contribution in [1.29, 1.82) is 0 Å². The molecule has 0 atom stereocenters. The van der Waals surface area contributed by atoms with Gasteiger partial charge in [0.2, 0.25) is 0 Å². The van der Waals surface area contributed by atoms with E-state index < -0.39 is 0 Å². The van der Waals surface area contributed by atoms with Crippen molar-refractivity contribution in [3.63, 3.8) is 0 Å². The Morgan fingerprint density at radius 1 is 0.385 bits per heavy atom. The van der Waals surface area contributed by atoms with Crippen LogP contribution < -0.4 is 0 Å². The molecule has 6 aliphatic rings. The van der Waals surface area contributed by atoms with Crippen molar-refractivity contribution >= 4 is 0 Å². The van der Waals surface area contributed by atoms with Crippen molar-refractivity contribution in [2.45, 2.75) is 51.4 Å². The van der Waals surface area contributed by atoms with Gasteiger partial charge in [-0.3, -0.25) is 0 Å². The summed E-state index contributed by atoms with van der Waals surface area (Å²) in [6.07, 6.45) is 13.2. The van der Waals surface area contributed by atoms with E-state index in [0.29, 0.717) is 0 Å². The molecule has 0 heteroatoms. The van der Waals surface area contributed by atoms with E-state index in [1.54, 1.807) is 51.4 Å². The molecule has 6 saturated carbocycles. The highest BCUT2D eigenvalue weighted by Crippen LogP contribution is 3.22. The number of hydrogen-bond acceptors (Lipinski definition) is 0. The van der Waals surface area contributed by atoms with Crippen molar-refractivity contribution in [1.82, 2.24) is 0 Å². The molecule has 0 unspecified atom stereocenters. The maximum Gasteiger partial charge on any atom is -0.00495 e. The van der Waals surface area contributed by atoms with Gasteiger partial charge >= 0.3 is 0 Å². The van der Waals surface area contributed by atoms with E-state index >= 15 is 0 Å². The van der Waals surface area contributed by atoms with Crippen LogP contribution in [0.3, 0.4) is 0 Å². The normalized spacial score (nSPS) is 51.7. The molecule has 6 fully saturated rings. The fourth-order valence-corrected chi connectivity index (χ4v) is 7.43. The fourth-order valence-electron chi connectivity index (χ4n) is 7.43. The van der Waals surface area contributed by atoms with Crippen LogP contribution in [0.4, 0.5) is 0 Å². The second-order valence-corrected chi connectivity index (χ2v) is 7.08. The Labute approximate surface area is 79.1 Å². The van der Waals surface area contributed by atoms with Crippen molar-refractivity contribution in [3.8, 4) is 0 Å². The van der Waals surface area contributed by atoms with Gasteiger partial charge < -0.3 is 0 Å². The number of fused-ring (bicyclic) bond motifs is 6. The van der Waals surface area contributed by atoms with Gasteiger partial charge in [-0.25, -0.2) is 0 Å². The Hall–Kier alpha value is 0. The first kappa shape index (κ1) is 5.78. The Kier molecular flexibility index (Phi) is 0.447. The zero-order valence-electron chi connectivity index (χ0n) is 8.16. The van der Waals surface area contributed by atoms with Crippen molar-refractivity contribution in [3.05, 3.63) is 0 Å². The van der Waals surface area contributed by atoms with Gasteiger partial charge in [-0.1, -0.05) is 0 Å². The molecule has 0 bridgehead atoms. The highest BCUT2D eigenvalue weighted by atomic mass is 15.2. The lowest BCUT2D eigenvalue weighted by atomic mass is 10.2. The minimum Gasteiger partial charge on any atom is -0.0459 e. The topological polar surface area (TPSA) is 0 Å². The molecule has 0 saturated heterocycles. The molecule has 6 rings (SSSR count). The Morgan fingerprint density at radius 3 is 0.769 bits per heavy atom. The summed E-state index contributed by atoms with van der Waals surface area (Å²) in [6.45, 7) is 0. The van der Waals surface area contributed by atoms with Gasteiger partial charge in [0.15, 0.2) is 0 Å². The summed E-state index contributed by atoms with van der Waals surface area (Å²) in [5.41, 5.74) is 5.06. The van der Waals surface area contributed by atoms with E-state index in [2.05, 4.69) is 0 Å². The molecule has 0 aromatic rings. The smallest absolute Gasteiger partial charge is 0.00495 e. The molecule has 0 nitrogen and oxygen atoms in total. The molecule has 0 amide bonds. The standard InChI is InChI=1S/C13H16/c1-2-9(1)10(3-4-10)13(9)11(5-6-11)12(13)7-8-12/h1-8H2. The quantitative estimate of drug-likeness (QED) is 0.526. The first-order valence-electron chi connectivity index (χ1n) is 6.33. The van der Waals surface area contributed by atoms with Crippen LogP contribution in [0.1, 0.15) is 51.4 Å². The molecule has 5 spiro atoms. The number of rotatable bonds is 0. The zero-order chi connectivity index (χ0) is 8.16. The Balaban J connectivity index is 1.71. The maximum absolute atomic E-state index is 1.65. The molecule has 0 aromatic carbocycles. The summed E-state index contributed by atoms with van der Waals surface area (Å²) in [5.74, 6) is 0. The first-order valence-corrected chi connectivity index (χ1v) is 6.33. The van der Waals surface area contributed by atoms with Crippen LogP contribution in [0.25, 0.3) is 0 Å². The van der Waals surface area contributed by atoms with Gasteiger partial charge in [0, 0.05) is 0 Å². The lowest BCUT2D eigenvalue weighted by Gasteiger charge is -1.87. The molecule has 0 N–H and O–H groups in total. The molecule has 0 radical (unpaired) electrons. The van der Waals surface area contributed by atoms with E-state index in [9.17, 15) is 0 Å². The molecule has 0 heterocycles. The van der Waals surface area contributed by atoms with Crippen LogP contribution in [-0.2, 0) is 0 Å². The van der Waals surface area contributed by atoms with E-state index in [4.69, 9.17) is 0 Å². The van der Waals surface area contributed by atoms with Gasteiger partial charge in [-0.05, 0) is 78.4 Å². The summed E-state index contributed by atoms with van der Waals surface area (Å²) in [6, 6.07) is 0. The largest absolute Gasteiger partial charge is 0.0459 e. The SMILES string of the molecule is C1CC12C1(CC1)C21C2(CC2)C12CC2. The van der Waals surface area contributed by atoms with Crippen LogP contribution in [0.5, 0.6) is 0 Å². The maximum atomic E-state index is 1.65. The molecular formula is C13H16. The van der Waals surface area contributed by atoms with Crippen LogP contribution >= 0.6 is 0 Å². The monoisotopic (exact) mass is 172 g/mol. The minimum atomic E-state index is 1.01. The summed E-state index contributed by atoms with van der Waals surface area (Å²) < 4.78 is 0. The van der Waals surface area contributed by atoms with Gasteiger partial charge in [0.05, 0.1) is 0 Å². The third kappa shape index (κ3) is 0.245. The average molecular weight is 172 g/mol.